The summed E-state index contributed by atoms with van der Waals surface area (Å²) in [6, 6.07) is 26.3. The molecular formula is C33H30BrNO. The quantitative estimate of drug-likeness (QED) is 0.205. The summed E-state index contributed by atoms with van der Waals surface area (Å²) in [7, 11) is 0. The van der Waals surface area contributed by atoms with Crippen molar-refractivity contribution in [1.82, 2.24) is 4.57 Å². The van der Waals surface area contributed by atoms with Gasteiger partial charge in [0.1, 0.15) is 11.2 Å². The van der Waals surface area contributed by atoms with E-state index in [4.69, 9.17) is 4.42 Å². The number of benzene rings is 4. The van der Waals surface area contributed by atoms with Crippen LogP contribution in [-0.4, -0.2) is 4.57 Å². The van der Waals surface area contributed by atoms with Crippen molar-refractivity contribution >= 4 is 59.7 Å². The average molecular weight is 537 g/mol. The molecule has 0 radical (unpaired) electrons. The van der Waals surface area contributed by atoms with Gasteiger partial charge in [-0.1, -0.05) is 77.9 Å². The van der Waals surface area contributed by atoms with Gasteiger partial charge in [0, 0.05) is 20.6 Å². The van der Waals surface area contributed by atoms with E-state index in [1.54, 1.807) is 0 Å². The number of furan rings is 1. The van der Waals surface area contributed by atoms with E-state index in [1.807, 2.05) is 6.07 Å². The fourth-order valence-corrected chi connectivity index (χ4v) is 7.24. The third-order valence-electron chi connectivity index (χ3n) is 9.98. The summed E-state index contributed by atoms with van der Waals surface area (Å²) in [6.07, 6.45) is 0. The first kappa shape index (κ1) is 22.2. The second-order valence-electron chi connectivity index (χ2n) is 12.0. The molecule has 2 heterocycles. The van der Waals surface area contributed by atoms with Gasteiger partial charge in [0.2, 0.25) is 0 Å². The molecule has 0 atom stereocenters. The average Bonchev–Trinajstić information content (AvgIpc) is 3.41. The van der Waals surface area contributed by atoms with E-state index < -0.39 is 0 Å². The molecule has 0 bridgehead atoms. The van der Waals surface area contributed by atoms with E-state index in [0.29, 0.717) is 0 Å². The summed E-state index contributed by atoms with van der Waals surface area (Å²) < 4.78 is 10.0. The molecule has 0 saturated carbocycles. The van der Waals surface area contributed by atoms with Gasteiger partial charge in [-0.15, -0.1) is 0 Å². The van der Waals surface area contributed by atoms with Crippen molar-refractivity contribution in [2.45, 2.75) is 52.4 Å². The molecule has 2 aromatic heterocycles. The van der Waals surface area contributed by atoms with Crippen molar-refractivity contribution in [2.75, 3.05) is 0 Å². The van der Waals surface area contributed by atoms with Gasteiger partial charge in [-0.05, 0) is 79.7 Å². The lowest BCUT2D eigenvalue weighted by Crippen LogP contribution is -2.42. The first-order chi connectivity index (χ1) is 17.1. The molecule has 0 saturated heterocycles. The van der Waals surface area contributed by atoms with Gasteiger partial charge < -0.3 is 8.98 Å². The minimum atomic E-state index is 0.0338. The van der Waals surface area contributed by atoms with Gasteiger partial charge in [-0.3, -0.25) is 0 Å². The molecule has 1 aliphatic rings. The maximum atomic E-state index is 6.49. The highest BCUT2D eigenvalue weighted by molar-refractivity contribution is 9.10. The van der Waals surface area contributed by atoms with Crippen molar-refractivity contribution < 1.29 is 4.42 Å². The molecule has 0 amide bonds. The minimum Gasteiger partial charge on any atom is -0.455 e. The number of aromatic nitrogens is 1. The summed E-state index contributed by atoms with van der Waals surface area (Å²) in [5, 5.41) is 4.71. The SMILES string of the molecule is CC1(C)c2cc(Br)c(-n3c4ccccc4c4c5oc6ccccc6c5ccc43)cc2C(C)(C)C1(C)C. The van der Waals surface area contributed by atoms with Gasteiger partial charge in [0.15, 0.2) is 0 Å². The van der Waals surface area contributed by atoms with E-state index in [-0.39, 0.29) is 16.2 Å². The number of para-hydroxylation sites is 2. The van der Waals surface area contributed by atoms with Crippen molar-refractivity contribution in [3.05, 3.63) is 88.4 Å². The first-order valence-corrected chi connectivity index (χ1v) is 13.5. The Morgan fingerprint density at radius 2 is 1.31 bits per heavy atom. The standard InChI is InChI=1S/C33H30BrNO/c1-31(2)22-17-24(34)27(18-23(22)32(3,4)33(31,5)6)35-25-13-9-7-12-21(25)29-26(35)16-15-20-19-11-8-10-14-28(19)36-30(20)29/h7-18H,1-6H3. The van der Waals surface area contributed by atoms with Gasteiger partial charge in [0.25, 0.3) is 0 Å². The first-order valence-electron chi connectivity index (χ1n) is 12.7. The molecule has 3 heteroatoms. The Kier molecular flexibility index (Phi) is 4.21. The number of rotatable bonds is 1. The molecular weight excluding hydrogens is 506 g/mol. The highest BCUT2D eigenvalue weighted by Gasteiger charge is 2.57. The summed E-state index contributed by atoms with van der Waals surface area (Å²) in [5.41, 5.74) is 8.51. The zero-order valence-electron chi connectivity index (χ0n) is 21.7. The zero-order valence-corrected chi connectivity index (χ0v) is 23.2. The van der Waals surface area contributed by atoms with Gasteiger partial charge in [-0.25, -0.2) is 0 Å². The topological polar surface area (TPSA) is 18.1 Å². The number of nitrogens with zero attached hydrogens (tertiary/aromatic N) is 1. The smallest absolute Gasteiger partial charge is 0.145 e. The van der Waals surface area contributed by atoms with Crippen LogP contribution in [-0.2, 0) is 10.8 Å². The van der Waals surface area contributed by atoms with Crippen LogP contribution < -0.4 is 0 Å². The molecule has 36 heavy (non-hydrogen) atoms. The molecule has 0 unspecified atom stereocenters. The van der Waals surface area contributed by atoms with Crippen LogP contribution >= 0.6 is 15.9 Å². The molecule has 0 N–H and O–H groups in total. The molecule has 2 nitrogen and oxygen atoms in total. The van der Waals surface area contributed by atoms with Crippen molar-refractivity contribution in [3.63, 3.8) is 0 Å². The second-order valence-corrected chi connectivity index (χ2v) is 12.9. The van der Waals surface area contributed by atoms with Crippen LogP contribution in [0.2, 0.25) is 0 Å². The van der Waals surface area contributed by atoms with Crippen LogP contribution in [0.1, 0.15) is 52.7 Å². The highest BCUT2D eigenvalue weighted by atomic mass is 79.9. The van der Waals surface area contributed by atoms with E-state index in [2.05, 4.69) is 129 Å². The molecule has 6 aromatic rings. The molecule has 180 valence electrons. The largest absolute Gasteiger partial charge is 0.455 e. The number of hydrogen-bond acceptors (Lipinski definition) is 1. The van der Waals surface area contributed by atoms with E-state index in [0.717, 1.165) is 26.5 Å². The predicted molar refractivity (Wildman–Crippen MR) is 156 cm³/mol. The molecule has 4 aromatic carbocycles. The van der Waals surface area contributed by atoms with Crippen LogP contribution in [0.3, 0.4) is 0 Å². The Bertz CT molecular complexity index is 1880. The Morgan fingerprint density at radius 1 is 0.667 bits per heavy atom. The molecule has 0 aliphatic heterocycles. The van der Waals surface area contributed by atoms with Crippen LogP contribution in [0.4, 0.5) is 0 Å². The molecule has 0 spiro atoms. The van der Waals surface area contributed by atoms with E-state index >= 15 is 0 Å². The number of fused-ring (bicyclic) bond motifs is 8. The van der Waals surface area contributed by atoms with Gasteiger partial charge in [0.05, 0.1) is 22.1 Å². The molecule has 1 aliphatic carbocycles. The Morgan fingerprint density at radius 3 is 2.06 bits per heavy atom. The number of halogens is 1. The lowest BCUT2D eigenvalue weighted by atomic mass is 9.59. The fourth-order valence-electron chi connectivity index (χ4n) is 6.72. The predicted octanol–water partition coefficient (Wildman–Crippen LogP) is 10.0. The monoisotopic (exact) mass is 535 g/mol. The third-order valence-corrected chi connectivity index (χ3v) is 10.6. The Labute approximate surface area is 220 Å². The maximum Gasteiger partial charge on any atom is 0.145 e. The zero-order chi connectivity index (χ0) is 25.2. The van der Waals surface area contributed by atoms with Gasteiger partial charge >= 0.3 is 0 Å². The summed E-state index contributed by atoms with van der Waals surface area (Å²) in [5.74, 6) is 0. The summed E-state index contributed by atoms with van der Waals surface area (Å²) in [6.45, 7) is 14.4. The summed E-state index contributed by atoms with van der Waals surface area (Å²) >= 11 is 4.00. The fraction of sp³-hybridized carbons (Fsp3) is 0.273. The van der Waals surface area contributed by atoms with E-state index in [9.17, 15) is 0 Å². The minimum absolute atomic E-state index is 0.0338. The molecule has 7 rings (SSSR count). The van der Waals surface area contributed by atoms with Crippen molar-refractivity contribution in [3.8, 4) is 5.69 Å². The van der Waals surface area contributed by atoms with Crippen LogP contribution in [0.25, 0.3) is 49.4 Å². The van der Waals surface area contributed by atoms with E-state index in [1.165, 1.54) is 38.5 Å². The molecule has 0 fully saturated rings. The van der Waals surface area contributed by atoms with Crippen LogP contribution in [0, 0.1) is 5.41 Å². The Balaban J connectivity index is 1.62. The lowest BCUT2D eigenvalue weighted by Gasteiger charge is -2.44. The Hall–Kier alpha value is -3.04. The van der Waals surface area contributed by atoms with Crippen LogP contribution in [0.15, 0.2) is 81.7 Å². The highest BCUT2D eigenvalue weighted by Crippen LogP contribution is 2.62. The third kappa shape index (κ3) is 2.48. The maximum absolute atomic E-state index is 6.49. The van der Waals surface area contributed by atoms with Crippen molar-refractivity contribution in [2.24, 2.45) is 5.41 Å². The second kappa shape index (κ2) is 6.83. The normalized spacial score (nSPS) is 18.0. The van der Waals surface area contributed by atoms with Crippen molar-refractivity contribution in [1.29, 1.82) is 0 Å². The number of hydrogen-bond donors (Lipinski definition) is 0. The lowest BCUT2D eigenvalue weighted by molar-refractivity contribution is 0.125. The van der Waals surface area contributed by atoms with Gasteiger partial charge in [-0.2, -0.15) is 0 Å². The summed E-state index contributed by atoms with van der Waals surface area (Å²) in [4.78, 5) is 0. The van der Waals surface area contributed by atoms with Crippen LogP contribution in [0.5, 0.6) is 0 Å².